The number of amides is 1. The Kier molecular flexibility index (Phi) is 4.23. The highest BCUT2D eigenvalue weighted by molar-refractivity contribution is 7.90. The molecule has 0 aliphatic heterocycles. The average Bonchev–Trinajstić information content (AvgIpc) is 2.46. The zero-order valence-electron chi connectivity index (χ0n) is 11.0. The van der Waals surface area contributed by atoms with E-state index in [0.29, 0.717) is 11.1 Å². The third-order valence-electron chi connectivity index (χ3n) is 2.79. The maximum absolute atomic E-state index is 12.3. The van der Waals surface area contributed by atoms with Gasteiger partial charge in [0.15, 0.2) is 0 Å². The SMILES string of the molecule is O=C(NS(=O)(=O)C(F)(F)F)c1ccccc1-c1ccccc1. The molecule has 0 spiro atoms. The van der Waals surface area contributed by atoms with E-state index in [4.69, 9.17) is 0 Å². The molecule has 0 unspecified atom stereocenters. The fraction of sp³-hybridized carbons (Fsp3) is 0.0714. The van der Waals surface area contributed by atoms with E-state index in [1.165, 1.54) is 18.2 Å². The van der Waals surface area contributed by atoms with Crippen LogP contribution in [-0.4, -0.2) is 19.8 Å². The van der Waals surface area contributed by atoms with Crippen molar-refractivity contribution in [3.63, 3.8) is 0 Å². The van der Waals surface area contributed by atoms with E-state index >= 15 is 0 Å². The molecule has 0 atom stereocenters. The van der Waals surface area contributed by atoms with Gasteiger partial charge >= 0.3 is 15.5 Å². The van der Waals surface area contributed by atoms with Crippen molar-refractivity contribution < 1.29 is 26.4 Å². The summed E-state index contributed by atoms with van der Waals surface area (Å²) in [4.78, 5) is 11.9. The summed E-state index contributed by atoms with van der Waals surface area (Å²) in [6.07, 6.45) is 0. The minimum atomic E-state index is -5.74. The zero-order chi connectivity index (χ0) is 16.4. The van der Waals surface area contributed by atoms with Crippen molar-refractivity contribution >= 4 is 15.9 Å². The summed E-state index contributed by atoms with van der Waals surface area (Å²) >= 11 is 0. The minimum absolute atomic E-state index is 0.165. The van der Waals surface area contributed by atoms with Crippen LogP contribution in [0.4, 0.5) is 13.2 Å². The van der Waals surface area contributed by atoms with Crippen molar-refractivity contribution in [2.75, 3.05) is 0 Å². The quantitative estimate of drug-likeness (QED) is 0.942. The third kappa shape index (κ3) is 3.28. The first-order chi connectivity index (χ1) is 10.2. The van der Waals surface area contributed by atoms with Gasteiger partial charge in [0.25, 0.3) is 5.91 Å². The molecule has 22 heavy (non-hydrogen) atoms. The maximum Gasteiger partial charge on any atom is 0.516 e. The number of benzene rings is 2. The highest BCUT2D eigenvalue weighted by Crippen LogP contribution is 2.25. The predicted octanol–water partition coefficient (Wildman–Crippen LogP) is 2.93. The van der Waals surface area contributed by atoms with Gasteiger partial charge in [-0.15, -0.1) is 0 Å². The predicted molar refractivity (Wildman–Crippen MR) is 74.3 cm³/mol. The van der Waals surface area contributed by atoms with Gasteiger partial charge in [-0.2, -0.15) is 21.6 Å². The number of halogens is 3. The summed E-state index contributed by atoms with van der Waals surface area (Å²) < 4.78 is 60.1. The van der Waals surface area contributed by atoms with Crippen LogP contribution in [0.1, 0.15) is 10.4 Å². The van der Waals surface area contributed by atoms with E-state index in [2.05, 4.69) is 0 Å². The topological polar surface area (TPSA) is 63.2 Å². The Morgan fingerprint density at radius 3 is 2.05 bits per heavy atom. The van der Waals surface area contributed by atoms with Crippen molar-refractivity contribution in [2.24, 2.45) is 0 Å². The van der Waals surface area contributed by atoms with Crippen molar-refractivity contribution in [3.05, 3.63) is 60.2 Å². The number of alkyl halides is 3. The van der Waals surface area contributed by atoms with E-state index in [0.717, 1.165) is 4.72 Å². The lowest BCUT2D eigenvalue weighted by Crippen LogP contribution is -2.40. The van der Waals surface area contributed by atoms with Crippen molar-refractivity contribution in [3.8, 4) is 11.1 Å². The van der Waals surface area contributed by atoms with Gasteiger partial charge in [0.05, 0.1) is 0 Å². The number of carbonyl (C=O) groups excluding carboxylic acids is 1. The summed E-state index contributed by atoms with van der Waals surface area (Å²) in [6.45, 7) is 0. The molecule has 0 bridgehead atoms. The molecule has 116 valence electrons. The molecule has 1 amide bonds. The number of carbonyl (C=O) groups is 1. The first kappa shape index (κ1) is 16.0. The fourth-order valence-electron chi connectivity index (χ4n) is 1.79. The van der Waals surface area contributed by atoms with Crippen LogP contribution in [0.3, 0.4) is 0 Å². The van der Waals surface area contributed by atoms with Gasteiger partial charge in [0.1, 0.15) is 0 Å². The second-order valence-corrected chi connectivity index (χ2v) is 5.97. The monoisotopic (exact) mass is 329 g/mol. The van der Waals surface area contributed by atoms with Crippen LogP contribution in [0.25, 0.3) is 11.1 Å². The Morgan fingerprint density at radius 1 is 0.909 bits per heavy atom. The van der Waals surface area contributed by atoms with Crippen LogP contribution >= 0.6 is 0 Å². The molecular weight excluding hydrogens is 319 g/mol. The highest BCUT2D eigenvalue weighted by Gasteiger charge is 2.47. The van der Waals surface area contributed by atoms with Gasteiger partial charge in [-0.1, -0.05) is 48.5 Å². The summed E-state index contributed by atoms with van der Waals surface area (Å²) in [6, 6.07) is 14.2. The lowest BCUT2D eigenvalue weighted by molar-refractivity contribution is -0.0446. The molecule has 1 N–H and O–H groups in total. The van der Waals surface area contributed by atoms with Crippen LogP contribution < -0.4 is 4.72 Å². The van der Waals surface area contributed by atoms with E-state index in [9.17, 15) is 26.4 Å². The van der Waals surface area contributed by atoms with Gasteiger partial charge in [-0.25, -0.2) is 4.72 Å². The molecule has 0 radical (unpaired) electrons. The molecule has 4 nitrogen and oxygen atoms in total. The molecule has 0 aliphatic carbocycles. The molecule has 2 aromatic rings. The molecule has 0 aliphatic rings. The summed E-state index contributed by atoms with van der Waals surface area (Å²) in [7, 11) is -5.74. The number of rotatable bonds is 3. The fourth-order valence-corrected chi connectivity index (χ4v) is 2.26. The van der Waals surface area contributed by atoms with E-state index in [1.54, 1.807) is 36.4 Å². The van der Waals surface area contributed by atoms with Gasteiger partial charge in [-0.3, -0.25) is 4.79 Å². The minimum Gasteiger partial charge on any atom is -0.268 e. The number of sulfonamides is 1. The Balaban J connectivity index is 2.41. The van der Waals surface area contributed by atoms with Crippen LogP contribution in [0.5, 0.6) is 0 Å². The molecule has 0 saturated carbocycles. The summed E-state index contributed by atoms with van der Waals surface area (Å²) in [5.41, 5.74) is -4.80. The molecule has 2 rings (SSSR count). The van der Waals surface area contributed by atoms with Crippen molar-refractivity contribution in [2.45, 2.75) is 5.51 Å². The van der Waals surface area contributed by atoms with Crippen LogP contribution in [0.2, 0.25) is 0 Å². The first-order valence-corrected chi connectivity index (χ1v) is 7.48. The molecule has 8 heteroatoms. The molecule has 0 fully saturated rings. The second-order valence-electron chi connectivity index (χ2n) is 4.29. The normalized spacial score (nSPS) is 12.0. The molecule has 0 saturated heterocycles. The van der Waals surface area contributed by atoms with Crippen LogP contribution in [-0.2, 0) is 10.0 Å². The van der Waals surface area contributed by atoms with Gasteiger partial charge in [-0.05, 0) is 17.2 Å². The Morgan fingerprint density at radius 2 is 1.45 bits per heavy atom. The average molecular weight is 329 g/mol. The van der Waals surface area contributed by atoms with Crippen LogP contribution in [0, 0.1) is 0 Å². The van der Waals surface area contributed by atoms with Crippen LogP contribution in [0.15, 0.2) is 54.6 Å². The van der Waals surface area contributed by atoms with Crippen molar-refractivity contribution in [1.29, 1.82) is 0 Å². The summed E-state index contributed by atoms with van der Waals surface area (Å²) in [5, 5.41) is 0. The van der Waals surface area contributed by atoms with Gasteiger partial charge < -0.3 is 0 Å². The number of hydrogen-bond donors (Lipinski definition) is 1. The van der Waals surface area contributed by atoms with Crippen molar-refractivity contribution in [1.82, 2.24) is 4.72 Å². The molecular formula is C14H10F3NO3S. The molecule has 2 aromatic carbocycles. The van der Waals surface area contributed by atoms with E-state index in [1.807, 2.05) is 0 Å². The maximum atomic E-state index is 12.3. The van der Waals surface area contributed by atoms with E-state index in [-0.39, 0.29) is 5.56 Å². The largest absolute Gasteiger partial charge is 0.516 e. The standard InChI is InChI=1S/C14H10F3NO3S/c15-14(16,17)22(20,21)18-13(19)12-9-5-4-8-11(12)10-6-2-1-3-7-10/h1-9H,(H,18,19). The highest BCUT2D eigenvalue weighted by atomic mass is 32.2. The first-order valence-electron chi connectivity index (χ1n) is 6.00. The lowest BCUT2D eigenvalue weighted by atomic mass is 9.99. The Labute approximate surface area is 124 Å². The smallest absolute Gasteiger partial charge is 0.268 e. The summed E-state index contributed by atoms with van der Waals surface area (Å²) in [5.74, 6) is -1.34. The Bertz CT molecular complexity index is 786. The number of nitrogens with one attached hydrogen (secondary N) is 1. The zero-order valence-corrected chi connectivity index (χ0v) is 11.8. The molecule has 0 heterocycles. The molecule has 0 aromatic heterocycles. The van der Waals surface area contributed by atoms with E-state index < -0.39 is 21.4 Å². The van der Waals surface area contributed by atoms with Gasteiger partial charge in [0, 0.05) is 5.56 Å². The van der Waals surface area contributed by atoms with Gasteiger partial charge in [0.2, 0.25) is 0 Å². The Hall–Kier alpha value is -2.35. The number of hydrogen-bond acceptors (Lipinski definition) is 3. The third-order valence-corrected chi connectivity index (χ3v) is 3.85. The lowest BCUT2D eigenvalue weighted by Gasteiger charge is -2.12. The second kappa shape index (κ2) is 5.80.